The number of anilines is 2. The van der Waals surface area contributed by atoms with Gasteiger partial charge in [0.05, 0.1) is 27.6 Å². The SMILES string of the molecule is CCCS(=O)(=O)Nc1cc(-c2sc(NC(C)=O)nc2C)cc2c1C(=O)N(C(C)C1CC1)C2. The molecule has 1 aliphatic heterocycles. The highest BCUT2D eigenvalue weighted by Gasteiger charge is 2.40. The van der Waals surface area contributed by atoms with E-state index in [1.54, 1.807) is 13.0 Å². The molecule has 0 spiro atoms. The van der Waals surface area contributed by atoms with E-state index < -0.39 is 10.0 Å². The number of nitrogens with one attached hydrogen (secondary N) is 2. The normalized spacial score (nSPS) is 16.8. The second kappa shape index (κ2) is 8.47. The van der Waals surface area contributed by atoms with Crippen molar-refractivity contribution < 1.29 is 18.0 Å². The lowest BCUT2D eigenvalue weighted by Gasteiger charge is -2.24. The van der Waals surface area contributed by atoms with Crippen molar-refractivity contribution in [1.29, 1.82) is 0 Å². The van der Waals surface area contributed by atoms with E-state index in [2.05, 4.69) is 21.9 Å². The Bertz CT molecular complexity index is 1180. The lowest BCUT2D eigenvalue weighted by molar-refractivity contribution is -0.114. The fourth-order valence-electron chi connectivity index (χ4n) is 4.21. The van der Waals surface area contributed by atoms with Crippen molar-refractivity contribution in [3.05, 3.63) is 29.0 Å². The van der Waals surface area contributed by atoms with Gasteiger partial charge < -0.3 is 10.2 Å². The molecule has 4 rings (SSSR count). The van der Waals surface area contributed by atoms with Crippen molar-refractivity contribution in [3.63, 3.8) is 0 Å². The molecule has 1 unspecified atom stereocenters. The maximum atomic E-state index is 13.3. The molecule has 172 valence electrons. The van der Waals surface area contributed by atoms with Crippen LogP contribution in [0.1, 0.15) is 61.6 Å². The molecule has 2 amide bonds. The van der Waals surface area contributed by atoms with Crippen LogP contribution in [-0.4, -0.2) is 41.9 Å². The number of benzene rings is 1. The number of nitrogens with zero attached hydrogens (tertiary/aromatic N) is 2. The predicted octanol–water partition coefficient (Wildman–Crippen LogP) is 3.98. The Morgan fingerprint density at radius 3 is 2.69 bits per heavy atom. The van der Waals surface area contributed by atoms with Gasteiger partial charge in [0, 0.05) is 19.5 Å². The molecule has 0 radical (unpaired) electrons. The smallest absolute Gasteiger partial charge is 0.256 e. The Balaban J connectivity index is 1.78. The second-order valence-corrected chi connectivity index (χ2v) is 11.4. The number of aryl methyl sites for hydroxylation is 1. The topological polar surface area (TPSA) is 108 Å². The number of carbonyl (C=O) groups is 2. The minimum atomic E-state index is -3.58. The van der Waals surface area contributed by atoms with E-state index in [0.29, 0.717) is 35.3 Å². The van der Waals surface area contributed by atoms with E-state index in [1.807, 2.05) is 17.9 Å². The summed E-state index contributed by atoms with van der Waals surface area (Å²) in [6.45, 7) is 7.59. The van der Waals surface area contributed by atoms with Gasteiger partial charge >= 0.3 is 0 Å². The van der Waals surface area contributed by atoms with E-state index in [1.165, 1.54) is 18.3 Å². The first-order valence-electron chi connectivity index (χ1n) is 10.8. The number of thiazole rings is 1. The van der Waals surface area contributed by atoms with Crippen LogP contribution in [0.25, 0.3) is 10.4 Å². The molecule has 2 aromatic rings. The van der Waals surface area contributed by atoms with Crippen LogP contribution in [0, 0.1) is 12.8 Å². The average Bonchev–Trinajstić information content (AvgIpc) is 3.40. The predicted molar refractivity (Wildman–Crippen MR) is 126 cm³/mol. The van der Waals surface area contributed by atoms with Gasteiger partial charge in [-0.2, -0.15) is 0 Å². The largest absolute Gasteiger partial charge is 0.331 e. The Morgan fingerprint density at radius 2 is 2.06 bits per heavy atom. The summed E-state index contributed by atoms with van der Waals surface area (Å²) in [7, 11) is -3.58. The van der Waals surface area contributed by atoms with Gasteiger partial charge in [0.15, 0.2) is 5.13 Å². The molecule has 32 heavy (non-hydrogen) atoms. The minimum absolute atomic E-state index is 0.0192. The first-order valence-corrected chi connectivity index (χ1v) is 13.3. The second-order valence-electron chi connectivity index (χ2n) is 8.60. The average molecular weight is 477 g/mol. The van der Waals surface area contributed by atoms with Gasteiger partial charge in [-0.25, -0.2) is 13.4 Å². The van der Waals surface area contributed by atoms with Gasteiger partial charge in [-0.15, -0.1) is 0 Å². The lowest BCUT2D eigenvalue weighted by atomic mass is 10.0. The number of carbonyl (C=O) groups excluding carboxylic acids is 2. The summed E-state index contributed by atoms with van der Waals surface area (Å²) < 4.78 is 27.8. The highest BCUT2D eigenvalue weighted by Crippen LogP contribution is 2.42. The monoisotopic (exact) mass is 476 g/mol. The number of aromatic nitrogens is 1. The van der Waals surface area contributed by atoms with Gasteiger partial charge in [-0.05, 0) is 62.3 Å². The Kier molecular flexibility index (Phi) is 6.02. The maximum absolute atomic E-state index is 13.3. The van der Waals surface area contributed by atoms with E-state index in [4.69, 9.17) is 0 Å². The van der Waals surface area contributed by atoms with E-state index in [9.17, 15) is 18.0 Å². The molecule has 2 aliphatic rings. The lowest BCUT2D eigenvalue weighted by Crippen LogP contribution is -2.35. The molecule has 1 atom stereocenters. The van der Waals surface area contributed by atoms with Gasteiger partial charge in [0.25, 0.3) is 5.91 Å². The molecule has 0 bridgehead atoms. The van der Waals surface area contributed by atoms with Crippen molar-refractivity contribution in [2.75, 3.05) is 15.8 Å². The van der Waals surface area contributed by atoms with Crippen LogP contribution in [-0.2, 0) is 21.4 Å². The zero-order chi connectivity index (χ0) is 23.2. The van der Waals surface area contributed by atoms with Crippen LogP contribution < -0.4 is 10.0 Å². The maximum Gasteiger partial charge on any atom is 0.256 e. The molecule has 8 nitrogen and oxygen atoms in total. The summed E-state index contributed by atoms with van der Waals surface area (Å²) >= 11 is 1.33. The van der Waals surface area contributed by atoms with Crippen molar-refractivity contribution in [2.45, 2.75) is 59.5 Å². The molecule has 10 heteroatoms. The first kappa shape index (κ1) is 22.7. The Morgan fingerprint density at radius 1 is 1.34 bits per heavy atom. The van der Waals surface area contributed by atoms with Crippen LogP contribution in [0.15, 0.2) is 12.1 Å². The van der Waals surface area contributed by atoms with Gasteiger partial charge in [-0.1, -0.05) is 18.3 Å². The molecule has 1 saturated carbocycles. The molecular weight excluding hydrogens is 448 g/mol. The summed E-state index contributed by atoms with van der Waals surface area (Å²) in [4.78, 5) is 31.8. The zero-order valence-corrected chi connectivity index (χ0v) is 20.3. The standard InChI is InChI=1S/C22H28N4O4S2/c1-5-8-32(29,30)25-18-10-16(20-12(2)23-22(31-20)24-14(4)27)9-17-11-26(21(28)19(17)18)13(3)15-6-7-15/h9-10,13,15,25H,5-8,11H2,1-4H3,(H,23,24,27). The number of sulfonamides is 1. The third-order valence-electron chi connectivity index (χ3n) is 5.91. The van der Waals surface area contributed by atoms with Crippen molar-refractivity contribution in [1.82, 2.24) is 9.88 Å². The van der Waals surface area contributed by atoms with Crippen LogP contribution in [0.2, 0.25) is 0 Å². The van der Waals surface area contributed by atoms with E-state index in [0.717, 1.165) is 34.5 Å². The fraction of sp³-hybridized carbons (Fsp3) is 0.500. The quantitative estimate of drug-likeness (QED) is 0.599. The van der Waals surface area contributed by atoms with Crippen LogP contribution in [0.4, 0.5) is 10.8 Å². The first-order chi connectivity index (χ1) is 15.1. The van der Waals surface area contributed by atoms with Gasteiger partial charge in [0.1, 0.15) is 0 Å². The third kappa shape index (κ3) is 4.52. The summed E-state index contributed by atoms with van der Waals surface area (Å²) in [5.41, 5.74) is 3.07. The summed E-state index contributed by atoms with van der Waals surface area (Å²) in [5, 5.41) is 3.19. The fourth-order valence-corrected chi connectivity index (χ4v) is 6.34. The Hall–Kier alpha value is -2.46. The highest BCUT2D eigenvalue weighted by molar-refractivity contribution is 7.92. The van der Waals surface area contributed by atoms with Gasteiger partial charge in [0.2, 0.25) is 15.9 Å². The van der Waals surface area contributed by atoms with Gasteiger partial charge in [-0.3, -0.25) is 14.3 Å². The molecule has 1 aromatic carbocycles. The molecule has 2 heterocycles. The van der Waals surface area contributed by atoms with Crippen molar-refractivity contribution >= 4 is 44.0 Å². The highest BCUT2D eigenvalue weighted by atomic mass is 32.2. The van der Waals surface area contributed by atoms with Crippen molar-refractivity contribution in [3.8, 4) is 10.4 Å². The molecule has 0 saturated heterocycles. The molecule has 2 N–H and O–H groups in total. The zero-order valence-electron chi connectivity index (χ0n) is 18.7. The summed E-state index contributed by atoms with van der Waals surface area (Å²) in [5.74, 6) is 0.161. The van der Waals surface area contributed by atoms with Crippen LogP contribution in [0.5, 0.6) is 0 Å². The number of rotatable bonds is 8. The van der Waals surface area contributed by atoms with Crippen molar-refractivity contribution in [2.24, 2.45) is 5.92 Å². The number of hydrogen-bond donors (Lipinski definition) is 2. The van der Waals surface area contributed by atoms with E-state index >= 15 is 0 Å². The van der Waals surface area contributed by atoms with Crippen LogP contribution >= 0.6 is 11.3 Å². The third-order valence-corrected chi connectivity index (χ3v) is 8.51. The van der Waals surface area contributed by atoms with Crippen LogP contribution in [0.3, 0.4) is 0 Å². The Labute approximate surface area is 192 Å². The molecule has 1 aliphatic carbocycles. The summed E-state index contributed by atoms with van der Waals surface area (Å²) in [6, 6.07) is 3.78. The number of hydrogen-bond acceptors (Lipinski definition) is 6. The number of fused-ring (bicyclic) bond motifs is 1. The number of amides is 2. The molecular formula is C22H28N4O4S2. The summed E-state index contributed by atoms with van der Waals surface area (Å²) in [6.07, 6.45) is 2.72. The van der Waals surface area contributed by atoms with E-state index in [-0.39, 0.29) is 23.6 Å². The molecule has 1 fully saturated rings. The minimum Gasteiger partial charge on any atom is -0.331 e. The molecule has 1 aromatic heterocycles.